The second kappa shape index (κ2) is 9.50. The molecule has 0 aliphatic heterocycles. The van der Waals surface area contributed by atoms with Crippen LogP contribution in [0.4, 0.5) is 17.1 Å². The lowest BCUT2D eigenvalue weighted by Gasteiger charge is -2.06. The van der Waals surface area contributed by atoms with E-state index in [2.05, 4.69) is 5.32 Å². The summed E-state index contributed by atoms with van der Waals surface area (Å²) in [4.78, 5) is 33.0. The van der Waals surface area contributed by atoms with Gasteiger partial charge < -0.3 is 14.5 Å². The summed E-state index contributed by atoms with van der Waals surface area (Å²) in [6, 6.07) is 10.2. The van der Waals surface area contributed by atoms with Gasteiger partial charge in [-0.1, -0.05) is 29.3 Å². The van der Waals surface area contributed by atoms with E-state index in [4.69, 9.17) is 32.4 Å². The number of nitrogens with one attached hydrogen (secondary N) is 1. The van der Waals surface area contributed by atoms with Gasteiger partial charge in [-0.2, -0.15) is 0 Å². The standard InChI is InChI=1S/C20H13Cl2N3O7/c1-31-20-15(24(27)28)9-11(10-16(20)25(29)30)23-18(26)8-6-12-5-7-17(32-12)13-3-2-4-14(21)19(13)22/h2-10H,1H3,(H,23,26)/b8-6+. The van der Waals surface area contributed by atoms with E-state index in [1.165, 1.54) is 6.08 Å². The van der Waals surface area contributed by atoms with Gasteiger partial charge in [0.1, 0.15) is 11.5 Å². The molecule has 1 amide bonds. The highest BCUT2D eigenvalue weighted by molar-refractivity contribution is 6.43. The van der Waals surface area contributed by atoms with Crippen molar-refractivity contribution in [1.82, 2.24) is 0 Å². The van der Waals surface area contributed by atoms with E-state index in [0.29, 0.717) is 27.1 Å². The molecule has 0 fully saturated rings. The number of amides is 1. The van der Waals surface area contributed by atoms with Gasteiger partial charge in [-0.3, -0.25) is 25.0 Å². The summed E-state index contributed by atoms with van der Waals surface area (Å²) in [7, 11) is 1.07. The van der Waals surface area contributed by atoms with Crippen LogP contribution in [-0.2, 0) is 4.79 Å². The molecule has 3 rings (SSSR count). The largest absolute Gasteiger partial charge is 0.485 e. The Bertz CT molecular complexity index is 1220. The molecule has 1 N–H and O–H groups in total. The van der Waals surface area contributed by atoms with Gasteiger partial charge in [0.2, 0.25) is 5.91 Å². The monoisotopic (exact) mass is 477 g/mol. The average molecular weight is 478 g/mol. The zero-order valence-electron chi connectivity index (χ0n) is 16.2. The molecule has 0 saturated carbocycles. The van der Waals surface area contributed by atoms with Crippen LogP contribution < -0.4 is 10.1 Å². The van der Waals surface area contributed by atoms with Gasteiger partial charge in [-0.25, -0.2) is 0 Å². The maximum absolute atomic E-state index is 12.2. The number of benzene rings is 2. The van der Waals surface area contributed by atoms with Gasteiger partial charge in [-0.05, 0) is 30.3 Å². The molecule has 0 bridgehead atoms. The summed E-state index contributed by atoms with van der Waals surface area (Å²) < 4.78 is 10.4. The minimum absolute atomic E-state index is 0.148. The molecule has 0 saturated heterocycles. The first-order valence-electron chi connectivity index (χ1n) is 8.75. The Morgan fingerprint density at radius 3 is 2.34 bits per heavy atom. The summed E-state index contributed by atoms with van der Waals surface area (Å²) in [5.41, 5.74) is -0.893. The molecule has 1 aromatic heterocycles. The Balaban J connectivity index is 1.80. The molecule has 0 unspecified atom stereocenters. The van der Waals surface area contributed by atoms with E-state index in [1.54, 1.807) is 30.3 Å². The van der Waals surface area contributed by atoms with Crippen molar-refractivity contribution >= 4 is 52.2 Å². The van der Waals surface area contributed by atoms with Crippen LogP contribution in [-0.4, -0.2) is 22.9 Å². The van der Waals surface area contributed by atoms with E-state index < -0.39 is 32.9 Å². The van der Waals surface area contributed by atoms with E-state index in [0.717, 1.165) is 25.3 Å². The predicted octanol–water partition coefficient (Wildman–Crippen LogP) is 5.73. The lowest BCUT2D eigenvalue weighted by Crippen LogP contribution is -2.09. The topological polar surface area (TPSA) is 138 Å². The SMILES string of the molecule is COc1c([N+](=O)[O-])cc(NC(=O)/C=C/c2ccc(-c3cccc(Cl)c3Cl)o2)cc1[N+](=O)[O-]. The van der Waals surface area contributed by atoms with Crippen LogP contribution in [0.3, 0.4) is 0 Å². The molecule has 0 aliphatic rings. The lowest BCUT2D eigenvalue weighted by atomic mass is 10.2. The smallest absolute Gasteiger partial charge is 0.320 e. The zero-order chi connectivity index (χ0) is 23.4. The van der Waals surface area contributed by atoms with Gasteiger partial charge in [0.15, 0.2) is 0 Å². The summed E-state index contributed by atoms with van der Waals surface area (Å²) in [5, 5.41) is 25.4. The Morgan fingerprint density at radius 2 is 1.75 bits per heavy atom. The number of furan rings is 1. The molecule has 3 aromatic rings. The Hall–Kier alpha value is -3.89. The molecule has 2 aromatic carbocycles. The average Bonchev–Trinajstić information content (AvgIpc) is 3.22. The second-order valence-corrected chi connectivity index (χ2v) is 6.97. The van der Waals surface area contributed by atoms with Crippen LogP contribution in [0.5, 0.6) is 5.75 Å². The molecule has 0 atom stereocenters. The number of hydrogen-bond donors (Lipinski definition) is 1. The number of carbonyl (C=O) groups excluding carboxylic acids is 1. The van der Waals surface area contributed by atoms with Crippen molar-refractivity contribution in [2.24, 2.45) is 0 Å². The van der Waals surface area contributed by atoms with Crippen LogP contribution in [0.1, 0.15) is 5.76 Å². The molecule has 0 spiro atoms. The zero-order valence-corrected chi connectivity index (χ0v) is 17.7. The van der Waals surface area contributed by atoms with Crippen molar-refractivity contribution in [1.29, 1.82) is 0 Å². The van der Waals surface area contributed by atoms with Crippen LogP contribution in [0.2, 0.25) is 10.0 Å². The first kappa shape index (κ1) is 22.8. The number of nitro benzene ring substituents is 2. The van der Waals surface area contributed by atoms with Crippen LogP contribution in [0.15, 0.2) is 53.0 Å². The molecule has 12 heteroatoms. The Kier molecular flexibility index (Phi) is 6.76. The summed E-state index contributed by atoms with van der Waals surface area (Å²) in [5.74, 6) is -0.467. The van der Waals surface area contributed by atoms with E-state index in [-0.39, 0.29) is 5.69 Å². The first-order chi connectivity index (χ1) is 15.2. The van der Waals surface area contributed by atoms with E-state index in [1.807, 2.05) is 0 Å². The normalized spacial score (nSPS) is 10.8. The van der Waals surface area contributed by atoms with Crippen molar-refractivity contribution in [3.05, 3.63) is 84.6 Å². The van der Waals surface area contributed by atoms with Gasteiger partial charge in [0, 0.05) is 23.8 Å². The van der Waals surface area contributed by atoms with Crippen LogP contribution in [0.25, 0.3) is 17.4 Å². The molecule has 0 radical (unpaired) electrons. The highest BCUT2D eigenvalue weighted by Gasteiger charge is 2.28. The number of anilines is 1. The highest BCUT2D eigenvalue weighted by atomic mass is 35.5. The van der Waals surface area contributed by atoms with Crippen LogP contribution >= 0.6 is 23.2 Å². The van der Waals surface area contributed by atoms with Crippen molar-refractivity contribution in [3.8, 4) is 17.1 Å². The number of nitro groups is 2. The molecule has 0 aliphatic carbocycles. The van der Waals surface area contributed by atoms with Crippen molar-refractivity contribution in [2.45, 2.75) is 0 Å². The number of ether oxygens (including phenoxy) is 1. The third kappa shape index (κ3) is 4.88. The van der Waals surface area contributed by atoms with Gasteiger partial charge >= 0.3 is 11.4 Å². The van der Waals surface area contributed by atoms with Crippen LogP contribution in [0, 0.1) is 20.2 Å². The molecule has 1 heterocycles. The quantitative estimate of drug-likeness (QED) is 0.260. The third-order valence-electron chi connectivity index (χ3n) is 4.16. The van der Waals surface area contributed by atoms with E-state index in [9.17, 15) is 25.0 Å². The second-order valence-electron chi connectivity index (χ2n) is 6.19. The fourth-order valence-electron chi connectivity index (χ4n) is 2.77. The number of methoxy groups -OCH3 is 1. The van der Waals surface area contributed by atoms with Gasteiger partial charge in [0.05, 0.1) is 32.7 Å². The first-order valence-corrected chi connectivity index (χ1v) is 9.51. The Morgan fingerprint density at radius 1 is 1.09 bits per heavy atom. The minimum atomic E-state index is -0.845. The van der Waals surface area contributed by atoms with Crippen molar-refractivity contribution in [2.75, 3.05) is 12.4 Å². The molecule has 10 nitrogen and oxygen atoms in total. The number of nitrogens with zero attached hydrogens (tertiary/aromatic N) is 2. The predicted molar refractivity (Wildman–Crippen MR) is 118 cm³/mol. The lowest BCUT2D eigenvalue weighted by molar-refractivity contribution is -0.395. The summed E-state index contributed by atoms with van der Waals surface area (Å²) in [6.45, 7) is 0. The maximum Gasteiger partial charge on any atom is 0.320 e. The van der Waals surface area contributed by atoms with Gasteiger partial charge in [-0.15, -0.1) is 0 Å². The fraction of sp³-hybridized carbons (Fsp3) is 0.0500. The third-order valence-corrected chi connectivity index (χ3v) is 4.98. The number of halogens is 2. The Labute approximate surface area is 190 Å². The molecule has 32 heavy (non-hydrogen) atoms. The number of rotatable bonds is 7. The van der Waals surface area contributed by atoms with E-state index >= 15 is 0 Å². The number of hydrogen-bond acceptors (Lipinski definition) is 7. The van der Waals surface area contributed by atoms with Gasteiger partial charge in [0.25, 0.3) is 5.75 Å². The molecular formula is C20H13Cl2N3O7. The molecule has 164 valence electrons. The molecular weight excluding hydrogens is 465 g/mol. The highest BCUT2D eigenvalue weighted by Crippen LogP contribution is 2.39. The fourth-order valence-corrected chi connectivity index (χ4v) is 3.17. The minimum Gasteiger partial charge on any atom is -0.485 e. The summed E-state index contributed by atoms with van der Waals surface area (Å²) in [6.07, 6.45) is 2.45. The summed E-state index contributed by atoms with van der Waals surface area (Å²) >= 11 is 12.2. The van der Waals surface area contributed by atoms with Crippen molar-refractivity contribution in [3.63, 3.8) is 0 Å². The van der Waals surface area contributed by atoms with Crippen molar-refractivity contribution < 1.29 is 23.8 Å². The number of carbonyl (C=O) groups is 1. The maximum atomic E-state index is 12.2.